The number of carbonyl (C=O) groups excluding carboxylic acids is 1. The maximum absolute atomic E-state index is 12.4. The zero-order chi connectivity index (χ0) is 17.0. The highest BCUT2D eigenvalue weighted by Crippen LogP contribution is 2.25. The summed E-state index contributed by atoms with van der Waals surface area (Å²) in [5, 5.41) is 10.9. The molecule has 2 N–H and O–H groups in total. The molecule has 0 spiro atoms. The Balaban J connectivity index is 2.02. The Morgan fingerprint density at radius 3 is 2.57 bits per heavy atom. The monoisotopic (exact) mass is 340 g/mol. The fourth-order valence-electron chi connectivity index (χ4n) is 2.34. The van der Waals surface area contributed by atoms with Crippen molar-refractivity contribution in [3.63, 3.8) is 0 Å². The Hall–Kier alpha value is -2.31. The third-order valence-corrected chi connectivity index (χ3v) is 5.35. The molecule has 0 aromatic carbocycles. The maximum Gasteiger partial charge on any atom is 0.371 e. The number of terminal acetylenes is 1. The number of carboxylic acids is 1. The zero-order valence-electron chi connectivity index (χ0n) is 12.2. The van der Waals surface area contributed by atoms with E-state index in [1.807, 2.05) is 0 Å². The summed E-state index contributed by atoms with van der Waals surface area (Å²) in [6, 6.07) is 2.21. The summed E-state index contributed by atoms with van der Waals surface area (Å²) in [5.74, 6) is 0.0501. The van der Waals surface area contributed by atoms with Crippen LogP contribution in [0.2, 0.25) is 0 Å². The van der Waals surface area contributed by atoms with E-state index in [1.54, 1.807) is 0 Å². The van der Waals surface area contributed by atoms with Crippen molar-refractivity contribution in [1.82, 2.24) is 9.62 Å². The van der Waals surface area contributed by atoms with Gasteiger partial charge in [-0.2, -0.15) is 4.31 Å². The van der Waals surface area contributed by atoms with Crippen molar-refractivity contribution in [3.8, 4) is 12.3 Å². The summed E-state index contributed by atoms with van der Waals surface area (Å²) in [4.78, 5) is 22.6. The maximum atomic E-state index is 12.4. The van der Waals surface area contributed by atoms with Gasteiger partial charge in [-0.25, -0.2) is 13.2 Å². The van der Waals surface area contributed by atoms with Gasteiger partial charge in [0.15, 0.2) is 0 Å². The normalized spacial score (nSPS) is 16.7. The van der Waals surface area contributed by atoms with E-state index in [0.29, 0.717) is 12.8 Å². The minimum atomic E-state index is -3.90. The number of aromatic carboxylic acids is 1. The zero-order valence-corrected chi connectivity index (χ0v) is 13.0. The van der Waals surface area contributed by atoms with E-state index in [0.717, 1.165) is 12.1 Å². The standard InChI is InChI=1S/C14H16N2O6S/c1-2-7-15-13(17)10-5-8-16(9-6-10)23(20,21)12-4-3-11(22-12)14(18)19/h1,3-4,10H,5-9H2,(H,15,17)(H,18,19). The predicted molar refractivity (Wildman–Crippen MR) is 79.0 cm³/mol. The number of rotatable bonds is 5. The summed E-state index contributed by atoms with van der Waals surface area (Å²) in [6.07, 6.45) is 5.80. The molecule has 9 heteroatoms. The number of hydrogen-bond acceptors (Lipinski definition) is 5. The molecule has 23 heavy (non-hydrogen) atoms. The van der Waals surface area contributed by atoms with Crippen LogP contribution in [0, 0.1) is 18.3 Å². The Labute approximate surface area is 133 Å². The van der Waals surface area contributed by atoms with Gasteiger partial charge < -0.3 is 14.8 Å². The number of amides is 1. The average Bonchev–Trinajstić information content (AvgIpc) is 3.03. The van der Waals surface area contributed by atoms with Crippen molar-refractivity contribution in [3.05, 3.63) is 17.9 Å². The van der Waals surface area contributed by atoms with Gasteiger partial charge in [0.1, 0.15) is 0 Å². The van der Waals surface area contributed by atoms with Crippen molar-refractivity contribution < 1.29 is 27.5 Å². The molecule has 0 bridgehead atoms. The molecule has 2 heterocycles. The second kappa shape index (κ2) is 6.85. The van der Waals surface area contributed by atoms with E-state index < -0.39 is 26.8 Å². The lowest BCUT2D eigenvalue weighted by atomic mass is 9.97. The van der Waals surface area contributed by atoms with Gasteiger partial charge in [0.2, 0.25) is 16.8 Å². The number of carbonyl (C=O) groups is 2. The predicted octanol–water partition coefficient (Wildman–Crippen LogP) is 0.128. The first-order valence-electron chi connectivity index (χ1n) is 6.90. The molecule has 1 aliphatic heterocycles. The summed E-state index contributed by atoms with van der Waals surface area (Å²) in [7, 11) is -3.90. The minimum Gasteiger partial charge on any atom is -0.475 e. The second-order valence-electron chi connectivity index (χ2n) is 5.02. The summed E-state index contributed by atoms with van der Waals surface area (Å²) in [6.45, 7) is 0.445. The number of sulfonamides is 1. The molecule has 2 rings (SSSR count). The number of hydrogen-bond donors (Lipinski definition) is 2. The van der Waals surface area contributed by atoms with Crippen molar-refractivity contribution in [2.24, 2.45) is 5.92 Å². The molecule has 0 atom stereocenters. The van der Waals surface area contributed by atoms with Gasteiger partial charge in [-0.1, -0.05) is 5.92 Å². The molecule has 0 aliphatic carbocycles. The molecule has 0 unspecified atom stereocenters. The van der Waals surface area contributed by atoms with Gasteiger partial charge >= 0.3 is 5.97 Å². The van der Waals surface area contributed by atoms with Crippen LogP contribution < -0.4 is 5.32 Å². The largest absolute Gasteiger partial charge is 0.475 e. The topological polar surface area (TPSA) is 117 Å². The average molecular weight is 340 g/mol. The van der Waals surface area contributed by atoms with Crippen LogP contribution in [0.3, 0.4) is 0 Å². The minimum absolute atomic E-state index is 0.141. The van der Waals surface area contributed by atoms with E-state index in [1.165, 1.54) is 4.31 Å². The number of carboxylic acid groups (broad SMARTS) is 1. The molecular weight excluding hydrogens is 324 g/mol. The first kappa shape index (κ1) is 17.1. The quantitative estimate of drug-likeness (QED) is 0.736. The molecule has 1 fully saturated rings. The van der Waals surface area contributed by atoms with Crippen LogP contribution in [0.4, 0.5) is 0 Å². The van der Waals surface area contributed by atoms with Crippen LogP contribution in [0.5, 0.6) is 0 Å². The van der Waals surface area contributed by atoms with E-state index in [4.69, 9.17) is 15.9 Å². The molecule has 1 saturated heterocycles. The lowest BCUT2D eigenvalue weighted by Gasteiger charge is -2.29. The van der Waals surface area contributed by atoms with Crippen LogP contribution in [0.25, 0.3) is 0 Å². The molecule has 1 aromatic heterocycles. The number of nitrogens with one attached hydrogen (secondary N) is 1. The second-order valence-corrected chi connectivity index (χ2v) is 6.89. The lowest BCUT2D eigenvalue weighted by molar-refractivity contribution is -0.125. The fourth-order valence-corrected chi connectivity index (χ4v) is 3.72. The van der Waals surface area contributed by atoms with Crippen LogP contribution in [-0.4, -0.2) is 49.3 Å². The van der Waals surface area contributed by atoms with Crippen molar-refractivity contribution in [1.29, 1.82) is 0 Å². The van der Waals surface area contributed by atoms with Crippen LogP contribution >= 0.6 is 0 Å². The van der Waals surface area contributed by atoms with Crippen LogP contribution in [0.1, 0.15) is 23.4 Å². The molecule has 8 nitrogen and oxygen atoms in total. The van der Waals surface area contributed by atoms with Gasteiger partial charge in [0.25, 0.3) is 10.0 Å². The summed E-state index contributed by atoms with van der Waals surface area (Å²) < 4.78 is 30.8. The fraction of sp³-hybridized carbons (Fsp3) is 0.429. The Kier molecular flexibility index (Phi) is 5.08. The summed E-state index contributed by atoms with van der Waals surface area (Å²) in [5.41, 5.74) is 0. The van der Waals surface area contributed by atoms with E-state index in [-0.39, 0.29) is 31.5 Å². The molecule has 1 aromatic rings. The summed E-state index contributed by atoms with van der Waals surface area (Å²) >= 11 is 0. The Morgan fingerprint density at radius 2 is 2.04 bits per heavy atom. The molecule has 1 amide bonds. The van der Waals surface area contributed by atoms with E-state index in [9.17, 15) is 18.0 Å². The van der Waals surface area contributed by atoms with E-state index in [2.05, 4.69) is 11.2 Å². The molecule has 0 radical (unpaired) electrons. The van der Waals surface area contributed by atoms with Gasteiger partial charge in [-0.05, 0) is 25.0 Å². The third-order valence-electron chi connectivity index (χ3n) is 3.58. The highest BCUT2D eigenvalue weighted by molar-refractivity contribution is 7.89. The molecular formula is C14H16N2O6S. The first-order valence-corrected chi connectivity index (χ1v) is 8.34. The first-order chi connectivity index (χ1) is 10.9. The van der Waals surface area contributed by atoms with Gasteiger partial charge in [-0.3, -0.25) is 4.79 Å². The Bertz CT molecular complexity index is 738. The molecule has 0 saturated carbocycles. The highest BCUT2D eigenvalue weighted by atomic mass is 32.2. The van der Waals surface area contributed by atoms with Gasteiger partial charge in [0.05, 0.1) is 6.54 Å². The van der Waals surface area contributed by atoms with Crippen LogP contribution in [-0.2, 0) is 14.8 Å². The van der Waals surface area contributed by atoms with Gasteiger partial charge in [0, 0.05) is 19.0 Å². The number of furan rings is 1. The number of piperidine rings is 1. The number of nitrogens with zero attached hydrogens (tertiary/aromatic N) is 1. The molecule has 124 valence electrons. The molecule has 1 aliphatic rings. The Morgan fingerprint density at radius 1 is 1.39 bits per heavy atom. The van der Waals surface area contributed by atoms with Crippen molar-refractivity contribution in [2.75, 3.05) is 19.6 Å². The van der Waals surface area contributed by atoms with Crippen LogP contribution in [0.15, 0.2) is 21.6 Å². The highest BCUT2D eigenvalue weighted by Gasteiger charge is 2.34. The lowest BCUT2D eigenvalue weighted by Crippen LogP contribution is -2.43. The van der Waals surface area contributed by atoms with Crippen molar-refractivity contribution >= 4 is 21.9 Å². The smallest absolute Gasteiger partial charge is 0.371 e. The SMILES string of the molecule is C#CCNC(=O)C1CCN(S(=O)(=O)c2ccc(C(=O)O)o2)CC1. The van der Waals surface area contributed by atoms with E-state index >= 15 is 0 Å². The van der Waals surface area contributed by atoms with Crippen molar-refractivity contribution in [2.45, 2.75) is 17.9 Å². The van der Waals surface area contributed by atoms with Gasteiger partial charge in [-0.15, -0.1) is 6.42 Å². The third kappa shape index (κ3) is 3.72.